The van der Waals surface area contributed by atoms with Crippen LogP contribution in [0.15, 0.2) is 115 Å². The van der Waals surface area contributed by atoms with Gasteiger partial charge in [-0.05, 0) is 35.9 Å². The van der Waals surface area contributed by atoms with Crippen LogP contribution in [0.4, 0.5) is 0 Å². The maximum Gasteiger partial charge on any atom is 0.0640 e. The van der Waals surface area contributed by atoms with Crippen molar-refractivity contribution >= 4 is 43.6 Å². The maximum absolute atomic E-state index is 3.74. The van der Waals surface area contributed by atoms with Crippen molar-refractivity contribution in [3.05, 3.63) is 115 Å². The van der Waals surface area contributed by atoms with Crippen LogP contribution in [0.2, 0.25) is 0 Å². The van der Waals surface area contributed by atoms with E-state index in [4.69, 9.17) is 0 Å². The lowest BCUT2D eigenvalue weighted by molar-refractivity contribution is 1.18. The monoisotopic (exact) mass is 408 g/mol. The lowest BCUT2D eigenvalue weighted by atomic mass is 9.98. The lowest BCUT2D eigenvalue weighted by Crippen LogP contribution is -1.95. The molecule has 2 nitrogen and oxygen atoms in total. The van der Waals surface area contributed by atoms with Gasteiger partial charge in [-0.25, -0.2) is 0 Å². The Morgan fingerprint density at radius 3 is 2.03 bits per heavy atom. The predicted molar refractivity (Wildman–Crippen MR) is 136 cm³/mol. The van der Waals surface area contributed by atoms with Crippen molar-refractivity contribution in [3.8, 4) is 16.8 Å². The summed E-state index contributed by atoms with van der Waals surface area (Å²) in [7, 11) is 0. The summed E-state index contributed by atoms with van der Waals surface area (Å²) >= 11 is 0. The van der Waals surface area contributed by atoms with Crippen molar-refractivity contribution < 1.29 is 0 Å². The van der Waals surface area contributed by atoms with Crippen LogP contribution in [0.25, 0.3) is 60.4 Å². The van der Waals surface area contributed by atoms with E-state index in [1.807, 2.05) is 0 Å². The first-order valence-corrected chi connectivity index (χ1v) is 11.0. The van der Waals surface area contributed by atoms with E-state index in [1.54, 1.807) is 0 Å². The fourth-order valence-corrected chi connectivity index (χ4v) is 5.15. The van der Waals surface area contributed by atoms with Gasteiger partial charge >= 0.3 is 0 Å². The lowest BCUT2D eigenvalue weighted by Gasteiger charge is -2.12. The third-order valence-electron chi connectivity index (χ3n) is 6.51. The SMILES string of the molecule is c1ccc(-c2cc3c4ccccc4[nH]c3c3c4ccccc4n(-c4ccccc4)c23)cc1. The number of nitrogens with one attached hydrogen (secondary N) is 1. The Labute approximate surface area is 185 Å². The van der Waals surface area contributed by atoms with Crippen LogP contribution in [-0.2, 0) is 0 Å². The number of nitrogens with zero attached hydrogens (tertiary/aromatic N) is 1. The fraction of sp³-hybridized carbons (Fsp3) is 0. The molecule has 0 fully saturated rings. The molecule has 2 heteroatoms. The average molecular weight is 409 g/mol. The van der Waals surface area contributed by atoms with Gasteiger partial charge in [0.15, 0.2) is 0 Å². The first-order valence-electron chi connectivity index (χ1n) is 11.0. The molecule has 0 spiro atoms. The number of para-hydroxylation sites is 3. The molecule has 0 aliphatic rings. The summed E-state index contributed by atoms with van der Waals surface area (Å²) in [6.07, 6.45) is 0. The van der Waals surface area contributed by atoms with E-state index in [-0.39, 0.29) is 0 Å². The predicted octanol–water partition coefficient (Wildman–Crippen LogP) is 8.09. The summed E-state index contributed by atoms with van der Waals surface area (Å²) in [4.78, 5) is 3.74. The molecule has 0 amide bonds. The Morgan fingerprint density at radius 2 is 1.22 bits per heavy atom. The number of hydrogen-bond acceptors (Lipinski definition) is 0. The standard InChI is InChI=1S/C30H20N2/c1-3-11-20(12-4-1)24-19-25-22-15-7-9-17-26(22)31-29(25)28-23-16-8-10-18-27(23)32(30(24)28)21-13-5-2-6-14-21/h1-19,31H. The van der Waals surface area contributed by atoms with E-state index in [0.29, 0.717) is 0 Å². The summed E-state index contributed by atoms with van der Waals surface area (Å²) in [6, 6.07) is 41.1. The highest BCUT2D eigenvalue weighted by Crippen LogP contribution is 2.43. The van der Waals surface area contributed by atoms with Gasteiger partial charge in [0, 0.05) is 38.3 Å². The molecule has 5 aromatic carbocycles. The van der Waals surface area contributed by atoms with Gasteiger partial charge in [-0.15, -0.1) is 0 Å². The normalized spacial score (nSPS) is 11.8. The number of aromatic nitrogens is 2. The highest BCUT2D eigenvalue weighted by atomic mass is 15.0. The van der Waals surface area contributed by atoms with Crippen LogP contribution < -0.4 is 0 Å². The van der Waals surface area contributed by atoms with Crippen LogP contribution in [-0.4, -0.2) is 9.55 Å². The van der Waals surface area contributed by atoms with Gasteiger partial charge in [0.25, 0.3) is 0 Å². The van der Waals surface area contributed by atoms with Crippen LogP contribution in [0.3, 0.4) is 0 Å². The zero-order chi connectivity index (χ0) is 21.1. The third-order valence-corrected chi connectivity index (χ3v) is 6.51. The second kappa shape index (κ2) is 6.60. The van der Waals surface area contributed by atoms with E-state index in [1.165, 1.54) is 60.4 Å². The Kier molecular flexibility index (Phi) is 3.58. The van der Waals surface area contributed by atoms with Crippen LogP contribution >= 0.6 is 0 Å². The molecule has 0 unspecified atom stereocenters. The van der Waals surface area contributed by atoms with E-state index in [2.05, 4.69) is 125 Å². The Morgan fingerprint density at radius 1 is 0.562 bits per heavy atom. The summed E-state index contributed by atoms with van der Waals surface area (Å²) in [5, 5.41) is 5.07. The van der Waals surface area contributed by atoms with Gasteiger partial charge in [-0.3, -0.25) is 0 Å². The van der Waals surface area contributed by atoms with E-state index in [0.717, 1.165) is 0 Å². The van der Waals surface area contributed by atoms with Gasteiger partial charge in [0.05, 0.1) is 16.6 Å². The number of benzene rings is 5. The third kappa shape index (κ3) is 2.35. The first-order chi connectivity index (χ1) is 15.9. The van der Waals surface area contributed by atoms with E-state index in [9.17, 15) is 0 Å². The topological polar surface area (TPSA) is 20.7 Å². The Balaban J connectivity index is 1.80. The van der Waals surface area contributed by atoms with E-state index < -0.39 is 0 Å². The molecule has 2 heterocycles. The maximum atomic E-state index is 3.74. The van der Waals surface area contributed by atoms with E-state index >= 15 is 0 Å². The number of rotatable bonds is 2. The summed E-state index contributed by atoms with van der Waals surface area (Å²) in [6.45, 7) is 0. The largest absolute Gasteiger partial charge is 0.354 e. The minimum Gasteiger partial charge on any atom is -0.354 e. The number of hydrogen-bond donors (Lipinski definition) is 1. The fourth-order valence-electron chi connectivity index (χ4n) is 5.15. The van der Waals surface area contributed by atoms with Crippen LogP contribution in [0.5, 0.6) is 0 Å². The molecule has 32 heavy (non-hydrogen) atoms. The molecule has 7 aromatic rings. The number of fused-ring (bicyclic) bond motifs is 7. The van der Waals surface area contributed by atoms with Gasteiger partial charge in [-0.1, -0.05) is 84.9 Å². The second-order valence-corrected chi connectivity index (χ2v) is 8.30. The molecule has 0 aliphatic heterocycles. The summed E-state index contributed by atoms with van der Waals surface area (Å²) in [5.74, 6) is 0. The molecule has 0 atom stereocenters. The molecule has 2 aromatic heterocycles. The zero-order valence-corrected chi connectivity index (χ0v) is 17.4. The first kappa shape index (κ1) is 17.4. The second-order valence-electron chi connectivity index (χ2n) is 8.30. The van der Waals surface area contributed by atoms with Crippen molar-refractivity contribution in [2.24, 2.45) is 0 Å². The molecular formula is C30H20N2. The molecule has 0 radical (unpaired) electrons. The molecular weight excluding hydrogens is 388 g/mol. The van der Waals surface area contributed by atoms with Gasteiger partial charge in [0.1, 0.15) is 0 Å². The summed E-state index contributed by atoms with van der Waals surface area (Å²) in [5.41, 5.74) is 8.48. The van der Waals surface area contributed by atoms with Gasteiger partial charge in [0.2, 0.25) is 0 Å². The van der Waals surface area contributed by atoms with Gasteiger partial charge in [-0.2, -0.15) is 0 Å². The zero-order valence-electron chi connectivity index (χ0n) is 17.4. The number of H-pyrrole nitrogens is 1. The van der Waals surface area contributed by atoms with Crippen LogP contribution in [0.1, 0.15) is 0 Å². The van der Waals surface area contributed by atoms with Crippen molar-refractivity contribution in [3.63, 3.8) is 0 Å². The van der Waals surface area contributed by atoms with Gasteiger partial charge < -0.3 is 9.55 Å². The molecule has 1 N–H and O–H groups in total. The average Bonchev–Trinajstić information content (AvgIpc) is 3.40. The highest BCUT2D eigenvalue weighted by molar-refractivity contribution is 6.28. The van der Waals surface area contributed by atoms with Crippen molar-refractivity contribution in [1.29, 1.82) is 0 Å². The summed E-state index contributed by atoms with van der Waals surface area (Å²) < 4.78 is 2.41. The Bertz CT molecular complexity index is 1750. The van der Waals surface area contributed by atoms with Crippen molar-refractivity contribution in [2.45, 2.75) is 0 Å². The van der Waals surface area contributed by atoms with Crippen LogP contribution in [0, 0.1) is 0 Å². The highest BCUT2D eigenvalue weighted by Gasteiger charge is 2.21. The smallest absolute Gasteiger partial charge is 0.0640 e. The van der Waals surface area contributed by atoms with Crippen molar-refractivity contribution in [2.75, 3.05) is 0 Å². The molecule has 7 rings (SSSR count). The molecule has 0 saturated heterocycles. The minimum atomic E-state index is 1.17. The van der Waals surface area contributed by atoms with Crippen molar-refractivity contribution in [1.82, 2.24) is 9.55 Å². The quantitative estimate of drug-likeness (QED) is 0.298. The molecule has 0 aliphatic carbocycles. The number of aromatic amines is 1. The molecule has 150 valence electrons. The minimum absolute atomic E-state index is 1.17. The Hall–Kier alpha value is -4.30. The molecule has 0 bridgehead atoms. The molecule has 0 saturated carbocycles.